The van der Waals surface area contributed by atoms with E-state index in [4.69, 9.17) is 15.5 Å². The van der Waals surface area contributed by atoms with Gasteiger partial charge in [-0.2, -0.15) is 13.2 Å². The number of fused-ring (bicyclic) bond motifs is 1. The summed E-state index contributed by atoms with van der Waals surface area (Å²) in [6.07, 6.45) is -4.12. The van der Waals surface area contributed by atoms with Gasteiger partial charge in [-0.3, -0.25) is 4.79 Å². The van der Waals surface area contributed by atoms with Crippen LogP contribution in [0.5, 0.6) is 11.6 Å². The highest BCUT2D eigenvalue weighted by Crippen LogP contribution is 2.34. The molecule has 0 unspecified atom stereocenters. The number of carbonyl (C=O) groups excluding carboxylic acids is 1. The summed E-state index contributed by atoms with van der Waals surface area (Å²) < 4.78 is 45.4. The van der Waals surface area contributed by atoms with Crippen LogP contribution in [0.1, 0.15) is 38.2 Å². The Balaban J connectivity index is 1.71. The molecular weight excluding hydrogens is 497 g/mol. The number of nitrogens with one attached hydrogen (secondary N) is 1. The molecule has 7 nitrogen and oxygen atoms in total. The zero-order chi connectivity index (χ0) is 27.4. The number of ether oxygens (including phenoxy) is 1. The SMILES string of the molecule is Cc1ccc(C[C@@H](CON)NC(=O)c2c(Oc3cccc(C(F)(F)F)c3)nnc3cc(C)ccc23)c(C)c1. The first-order chi connectivity index (χ1) is 18.0. The molecule has 0 saturated heterocycles. The first kappa shape index (κ1) is 27.0. The fraction of sp³-hybridized carbons (Fsp3) is 0.250. The molecule has 198 valence electrons. The fourth-order valence-electron chi connectivity index (χ4n) is 4.20. The third kappa shape index (κ3) is 6.27. The van der Waals surface area contributed by atoms with Gasteiger partial charge in [0.15, 0.2) is 0 Å². The average Bonchev–Trinajstić information content (AvgIpc) is 2.85. The van der Waals surface area contributed by atoms with Gasteiger partial charge < -0.3 is 14.9 Å². The maximum atomic E-state index is 13.7. The van der Waals surface area contributed by atoms with Crippen molar-refractivity contribution in [2.75, 3.05) is 6.61 Å². The van der Waals surface area contributed by atoms with E-state index in [0.29, 0.717) is 17.3 Å². The summed E-state index contributed by atoms with van der Waals surface area (Å²) in [6, 6.07) is 15.1. The van der Waals surface area contributed by atoms with Crippen LogP contribution in [-0.4, -0.2) is 28.8 Å². The molecule has 38 heavy (non-hydrogen) atoms. The maximum absolute atomic E-state index is 13.7. The van der Waals surface area contributed by atoms with E-state index in [-0.39, 0.29) is 23.8 Å². The van der Waals surface area contributed by atoms with E-state index in [1.807, 2.05) is 39.0 Å². The van der Waals surface area contributed by atoms with Crippen molar-refractivity contribution >= 4 is 16.8 Å². The Morgan fingerprint density at radius 3 is 2.45 bits per heavy atom. The van der Waals surface area contributed by atoms with Gasteiger partial charge in [0.2, 0.25) is 0 Å². The number of aryl methyl sites for hydroxylation is 3. The van der Waals surface area contributed by atoms with E-state index in [2.05, 4.69) is 15.5 Å². The van der Waals surface area contributed by atoms with E-state index in [0.717, 1.165) is 34.4 Å². The highest BCUT2D eigenvalue weighted by atomic mass is 19.4. The van der Waals surface area contributed by atoms with Crippen molar-refractivity contribution in [1.29, 1.82) is 0 Å². The van der Waals surface area contributed by atoms with Crippen LogP contribution in [0.25, 0.3) is 10.9 Å². The van der Waals surface area contributed by atoms with Crippen molar-refractivity contribution in [3.05, 3.63) is 94.0 Å². The summed E-state index contributed by atoms with van der Waals surface area (Å²) in [4.78, 5) is 18.5. The Kier molecular flexibility index (Phi) is 7.94. The maximum Gasteiger partial charge on any atom is 0.416 e. The van der Waals surface area contributed by atoms with E-state index in [1.165, 1.54) is 12.1 Å². The number of amides is 1. The Hall–Kier alpha value is -4.02. The van der Waals surface area contributed by atoms with Gasteiger partial charge in [-0.1, -0.05) is 42.0 Å². The molecule has 3 aromatic carbocycles. The van der Waals surface area contributed by atoms with Crippen LogP contribution in [0.3, 0.4) is 0 Å². The van der Waals surface area contributed by atoms with Crippen molar-refractivity contribution in [2.24, 2.45) is 5.90 Å². The number of nitrogens with two attached hydrogens (primary N) is 1. The van der Waals surface area contributed by atoms with Crippen molar-refractivity contribution in [3.63, 3.8) is 0 Å². The molecule has 0 aliphatic rings. The number of rotatable bonds is 8. The van der Waals surface area contributed by atoms with Crippen LogP contribution in [0.15, 0.2) is 60.7 Å². The molecule has 0 aliphatic heterocycles. The molecule has 1 atom stereocenters. The van der Waals surface area contributed by atoms with Gasteiger partial charge in [0.05, 0.1) is 23.7 Å². The number of hydrogen-bond donors (Lipinski definition) is 2. The number of nitrogens with zero attached hydrogens (tertiary/aromatic N) is 2. The van der Waals surface area contributed by atoms with Gasteiger partial charge in [0.1, 0.15) is 11.3 Å². The minimum Gasteiger partial charge on any atom is -0.437 e. The molecule has 0 aliphatic carbocycles. The molecule has 0 saturated carbocycles. The van der Waals surface area contributed by atoms with Gasteiger partial charge >= 0.3 is 6.18 Å². The highest BCUT2D eigenvalue weighted by Gasteiger charge is 2.31. The van der Waals surface area contributed by atoms with Crippen LogP contribution < -0.4 is 16.0 Å². The zero-order valence-corrected chi connectivity index (χ0v) is 21.1. The Labute approximate surface area is 217 Å². The van der Waals surface area contributed by atoms with Gasteiger partial charge in [-0.05, 0) is 68.1 Å². The van der Waals surface area contributed by atoms with Crippen molar-refractivity contribution < 1.29 is 27.5 Å². The molecule has 4 rings (SSSR count). The summed E-state index contributed by atoms with van der Waals surface area (Å²) in [6.45, 7) is 5.87. The molecule has 1 aromatic heterocycles. The van der Waals surface area contributed by atoms with Gasteiger partial charge in [-0.15, -0.1) is 10.2 Å². The fourth-order valence-corrected chi connectivity index (χ4v) is 4.20. The summed E-state index contributed by atoms with van der Waals surface area (Å²) in [5.41, 5.74) is 3.66. The van der Waals surface area contributed by atoms with Gasteiger partial charge in [0, 0.05) is 5.39 Å². The third-order valence-electron chi connectivity index (χ3n) is 6.08. The summed E-state index contributed by atoms with van der Waals surface area (Å²) in [5, 5.41) is 11.5. The minimum absolute atomic E-state index is 0.0262. The van der Waals surface area contributed by atoms with E-state index in [9.17, 15) is 18.0 Å². The topological polar surface area (TPSA) is 99.4 Å². The molecule has 0 bridgehead atoms. The molecule has 0 radical (unpaired) electrons. The second-order valence-electron chi connectivity index (χ2n) is 9.17. The second-order valence-corrected chi connectivity index (χ2v) is 9.17. The van der Waals surface area contributed by atoms with E-state index in [1.54, 1.807) is 18.2 Å². The Bertz CT molecular complexity index is 1470. The summed E-state index contributed by atoms with van der Waals surface area (Å²) in [7, 11) is 0. The second kappa shape index (κ2) is 11.2. The summed E-state index contributed by atoms with van der Waals surface area (Å²) in [5.74, 6) is 4.45. The number of aromatic nitrogens is 2. The van der Waals surface area contributed by atoms with Crippen LogP contribution >= 0.6 is 0 Å². The zero-order valence-electron chi connectivity index (χ0n) is 21.1. The molecule has 0 fully saturated rings. The lowest BCUT2D eigenvalue weighted by molar-refractivity contribution is -0.137. The predicted octanol–water partition coefficient (Wildman–Crippen LogP) is 5.60. The number of benzene rings is 3. The monoisotopic (exact) mass is 524 g/mol. The number of hydrogen-bond acceptors (Lipinski definition) is 6. The largest absolute Gasteiger partial charge is 0.437 e. The molecule has 1 amide bonds. The molecular formula is C28H27F3N4O3. The first-order valence-electron chi connectivity index (χ1n) is 11.9. The predicted molar refractivity (Wildman–Crippen MR) is 137 cm³/mol. The van der Waals surface area contributed by atoms with E-state index >= 15 is 0 Å². The third-order valence-corrected chi connectivity index (χ3v) is 6.08. The number of halogens is 3. The Morgan fingerprint density at radius 2 is 1.74 bits per heavy atom. The first-order valence-corrected chi connectivity index (χ1v) is 11.9. The van der Waals surface area contributed by atoms with Crippen molar-refractivity contribution in [3.8, 4) is 11.6 Å². The average molecular weight is 525 g/mol. The van der Waals surface area contributed by atoms with E-state index < -0.39 is 23.7 Å². The highest BCUT2D eigenvalue weighted by molar-refractivity contribution is 6.08. The van der Waals surface area contributed by atoms with Crippen molar-refractivity contribution in [1.82, 2.24) is 15.5 Å². The van der Waals surface area contributed by atoms with Crippen LogP contribution in [0.2, 0.25) is 0 Å². The van der Waals surface area contributed by atoms with Crippen molar-refractivity contribution in [2.45, 2.75) is 39.4 Å². The molecule has 0 spiro atoms. The van der Waals surface area contributed by atoms with Crippen LogP contribution in [0.4, 0.5) is 13.2 Å². The summed E-state index contributed by atoms with van der Waals surface area (Å²) >= 11 is 0. The smallest absolute Gasteiger partial charge is 0.416 e. The molecule has 1 heterocycles. The molecule has 10 heteroatoms. The number of carbonyl (C=O) groups is 1. The lowest BCUT2D eigenvalue weighted by atomic mass is 9.99. The minimum atomic E-state index is -4.56. The van der Waals surface area contributed by atoms with Crippen LogP contribution in [0, 0.1) is 20.8 Å². The van der Waals surface area contributed by atoms with Crippen LogP contribution in [-0.2, 0) is 17.4 Å². The lowest BCUT2D eigenvalue weighted by Crippen LogP contribution is -2.41. The quantitative estimate of drug-likeness (QED) is 0.291. The van der Waals surface area contributed by atoms with Gasteiger partial charge in [0.25, 0.3) is 11.8 Å². The number of alkyl halides is 3. The normalized spacial score (nSPS) is 12.4. The standard InChI is InChI=1S/C28H27F3N4O3/c1-16-7-9-19(18(3)11-16)13-21(15-37-32)33-26(36)25-23-10-8-17(2)12-24(23)34-35-27(25)38-22-6-4-5-20(14-22)28(29,30)31/h4-12,14,21H,13,15,32H2,1-3H3,(H,33,36)/t21-/m0/s1. The van der Waals surface area contributed by atoms with Gasteiger partial charge in [-0.25, -0.2) is 5.90 Å². The molecule has 4 aromatic rings. The lowest BCUT2D eigenvalue weighted by Gasteiger charge is -2.20. The molecule has 3 N–H and O–H groups in total. The Morgan fingerprint density at radius 1 is 1.00 bits per heavy atom.